The van der Waals surface area contributed by atoms with Crippen LogP contribution < -0.4 is 10.6 Å². The Kier molecular flexibility index (Phi) is 7.43. The molecule has 27 heavy (non-hydrogen) atoms. The number of amides is 2. The van der Waals surface area contributed by atoms with E-state index in [1.54, 1.807) is 37.7 Å². The third-order valence-corrected chi connectivity index (χ3v) is 4.50. The highest BCUT2D eigenvalue weighted by Crippen LogP contribution is 2.24. The van der Waals surface area contributed by atoms with Crippen LogP contribution in [0, 0.1) is 0 Å². The standard InChI is InChI=1S/C20H23N3O3S/c1-13(16-9-11-17(12-10-16)21-15(3)24)23-26-14(2)20(25)22-18-7-5-6-8-19(18)27-4/h5-12,14H,1-4H3,(H,21,24)(H,22,25)/b23-13+. The first kappa shape index (κ1) is 20.5. The summed E-state index contributed by atoms with van der Waals surface area (Å²) in [5.41, 5.74) is 2.93. The van der Waals surface area contributed by atoms with E-state index in [9.17, 15) is 9.59 Å². The zero-order valence-electron chi connectivity index (χ0n) is 15.8. The molecule has 1 unspecified atom stereocenters. The summed E-state index contributed by atoms with van der Waals surface area (Å²) < 4.78 is 0. The van der Waals surface area contributed by atoms with Gasteiger partial charge in [-0.1, -0.05) is 29.4 Å². The van der Waals surface area contributed by atoms with Crippen LogP contribution in [-0.4, -0.2) is 29.9 Å². The average Bonchev–Trinajstić information content (AvgIpc) is 2.66. The quantitative estimate of drug-likeness (QED) is 0.427. The molecule has 0 radical (unpaired) electrons. The molecular formula is C20H23N3O3S. The number of nitrogens with zero attached hydrogens (tertiary/aromatic N) is 1. The van der Waals surface area contributed by atoms with Gasteiger partial charge in [-0.15, -0.1) is 11.8 Å². The van der Waals surface area contributed by atoms with Gasteiger partial charge in [0.1, 0.15) is 0 Å². The van der Waals surface area contributed by atoms with Crippen molar-refractivity contribution in [1.29, 1.82) is 0 Å². The minimum Gasteiger partial charge on any atom is -0.382 e. The summed E-state index contributed by atoms with van der Waals surface area (Å²) in [6.07, 6.45) is 1.21. The maximum absolute atomic E-state index is 12.3. The van der Waals surface area contributed by atoms with Crippen LogP contribution in [0.25, 0.3) is 0 Å². The van der Waals surface area contributed by atoms with E-state index in [0.29, 0.717) is 11.4 Å². The number of thioether (sulfide) groups is 1. The zero-order chi connectivity index (χ0) is 19.8. The Morgan fingerprint density at radius 1 is 1.04 bits per heavy atom. The number of hydrogen-bond acceptors (Lipinski definition) is 5. The first-order valence-corrected chi connectivity index (χ1v) is 9.65. The fourth-order valence-electron chi connectivity index (χ4n) is 2.24. The molecule has 1 atom stereocenters. The monoisotopic (exact) mass is 385 g/mol. The lowest BCUT2D eigenvalue weighted by molar-refractivity contribution is -0.126. The van der Waals surface area contributed by atoms with Crippen LogP contribution in [0.3, 0.4) is 0 Å². The van der Waals surface area contributed by atoms with Gasteiger partial charge < -0.3 is 15.5 Å². The Morgan fingerprint density at radius 3 is 2.33 bits per heavy atom. The molecular weight excluding hydrogens is 362 g/mol. The van der Waals surface area contributed by atoms with Crippen LogP contribution in [0.1, 0.15) is 26.3 Å². The second-order valence-corrected chi connectivity index (χ2v) is 6.72. The Bertz CT molecular complexity index is 835. The highest BCUT2D eigenvalue weighted by atomic mass is 32.2. The molecule has 2 aromatic carbocycles. The van der Waals surface area contributed by atoms with Crippen LogP contribution in [0.5, 0.6) is 0 Å². The molecule has 0 aliphatic rings. The van der Waals surface area contributed by atoms with Gasteiger partial charge in [0.25, 0.3) is 5.91 Å². The summed E-state index contributed by atoms with van der Waals surface area (Å²) in [4.78, 5) is 29.7. The first-order chi connectivity index (χ1) is 12.9. The molecule has 0 heterocycles. The van der Waals surface area contributed by atoms with Gasteiger partial charge in [0, 0.05) is 17.5 Å². The summed E-state index contributed by atoms with van der Waals surface area (Å²) in [6.45, 7) is 4.90. The fraction of sp³-hybridized carbons (Fsp3) is 0.250. The molecule has 0 fully saturated rings. The van der Waals surface area contributed by atoms with E-state index in [4.69, 9.17) is 4.84 Å². The minimum atomic E-state index is -0.742. The molecule has 0 spiro atoms. The second kappa shape index (κ2) is 9.78. The normalized spacial score (nSPS) is 12.2. The number of anilines is 2. The Morgan fingerprint density at radius 2 is 1.70 bits per heavy atom. The van der Waals surface area contributed by atoms with Crippen molar-refractivity contribution < 1.29 is 14.4 Å². The van der Waals surface area contributed by atoms with E-state index in [-0.39, 0.29) is 11.8 Å². The summed E-state index contributed by atoms with van der Waals surface area (Å²) in [5, 5.41) is 9.61. The van der Waals surface area contributed by atoms with Crippen LogP contribution in [0.15, 0.2) is 58.6 Å². The molecule has 2 N–H and O–H groups in total. The molecule has 7 heteroatoms. The molecule has 0 saturated carbocycles. The first-order valence-electron chi connectivity index (χ1n) is 8.43. The lowest BCUT2D eigenvalue weighted by atomic mass is 10.1. The molecule has 0 aliphatic carbocycles. The summed E-state index contributed by atoms with van der Waals surface area (Å²) in [6, 6.07) is 14.8. The summed E-state index contributed by atoms with van der Waals surface area (Å²) >= 11 is 1.56. The third kappa shape index (κ3) is 6.14. The summed E-state index contributed by atoms with van der Waals surface area (Å²) in [7, 11) is 0. The lowest BCUT2D eigenvalue weighted by Crippen LogP contribution is -2.26. The van der Waals surface area contributed by atoms with Crippen molar-refractivity contribution in [2.75, 3.05) is 16.9 Å². The fourth-order valence-corrected chi connectivity index (χ4v) is 2.79. The number of carbonyl (C=O) groups excluding carboxylic acids is 2. The van der Waals surface area contributed by atoms with Crippen molar-refractivity contribution >= 4 is 40.7 Å². The van der Waals surface area contributed by atoms with Crippen molar-refractivity contribution in [3.8, 4) is 0 Å². The predicted octanol–water partition coefficient (Wildman–Crippen LogP) is 4.13. The van der Waals surface area contributed by atoms with Gasteiger partial charge in [-0.05, 0) is 49.9 Å². The molecule has 0 saturated heterocycles. The number of nitrogens with one attached hydrogen (secondary N) is 2. The maximum atomic E-state index is 12.3. The topological polar surface area (TPSA) is 79.8 Å². The molecule has 142 valence electrons. The number of para-hydroxylation sites is 1. The zero-order valence-corrected chi connectivity index (χ0v) is 16.6. The van der Waals surface area contributed by atoms with Crippen LogP contribution in [0.2, 0.25) is 0 Å². The third-order valence-electron chi connectivity index (χ3n) is 3.70. The lowest BCUT2D eigenvalue weighted by Gasteiger charge is -2.13. The van der Waals surface area contributed by atoms with E-state index in [2.05, 4.69) is 15.8 Å². The molecule has 2 rings (SSSR count). The van der Waals surface area contributed by atoms with Crippen LogP contribution >= 0.6 is 11.8 Å². The van der Waals surface area contributed by atoms with E-state index >= 15 is 0 Å². The molecule has 6 nitrogen and oxygen atoms in total. The number of rotatable bonds is 7. The van der Waals surface area contributed by atoms with Gasteiger partial charge in [-0.2, -0.15) is 0 Å². The van der Waals surface area contributed by atoms with Crippen molar-refractivity contribution in [3.05, 3.63) is 54.1 Å². The van der Waals surface area contributed by atoms with Gasteiger partial charge in [0.05, 0.1) is 11.4 Å². The van der Waals surface area contributed by atoms with Gasteiger partial charge in [-0.25, -0.2) is 0 Å². The van der Waals surface area contributed by atoms with E-state index in [1.165, 1.54) is 6.92 Å². The Labute approximate surface area is 163 Å². The Balaban J connectivity index is 1.97. The number of oxime groups is 1. The predicted molar refractivity (Wildman–Crippen MR) is 110 cm³/mol. The van der Waals surface area contributed by atoms with E-state index < -0.39 is 6.10 Å². The largest absolute Gasteiger partial charge is 0.382 e. The number of carbonyl (C=O) groups is 2. The molecule has 0 bridgehead atoms. The van der Waals surface area contributed by atoms with Crippen molar-refractivity contribution in [2.45, 2.75) is 31.8 Å². The minimum absolute atomic E-state index is 0.126. The number of benzene rings is 2. The van der Waals surface area contributed by atoms with Crippen LogP contribution in [0.4, 0.5) is 11.4 Å². The molecule has 2 aromatic rings. The van der Waals surface area contributed by atoms with E-state index in [0.717, 1.165) is 16.1 Å². The van der Waals surface area contributed by atoms with Crippen molar-refractivity contribution in [2.24, 2.45) is 5.16 Å². The molecule has 0 aliphatic heterocycles. The van der Waals surface area contributed by atoms with Gasteiger partial charge in [-0.3, -0.25) is 9.59 Å². The highest BCUT2D eigenvalue weighted by Gasteiger charge is 2.16. The number of hydrogen-bond donors (Lipinski definition) is 2. The van der Waals surface area contributed by atoms with Gasteiger partial charge in [0.2, 0.25) is 12.0 Å². The van der Waals surface area contributed by atoms with Crippen molar-refractivity contribution in [1.82, 2.24) is 0 Å². The van der Waals surface area contributed by atoms with Crippen molar-refractivity contribution in [3.63, 3.8) is 0 Å². The molecule has 2 amide bonds. The van der Waals surface area contributed by atoms with Gasteiger partial charge in [0.15, 0.2) is 0 Å². The maximum Gasteiger partial charge on any atom is 0.268 e. The van der Waals surface area contributed by atoms with Crippen LogP contribution in [-0.2, 0) is 14.4 Å². The smallest absolute Gasteiger partial charge is 0.268 e. The van der Waals surface area contributed by atoms with Gasteiger partial charge >= 0.3 is 0 Å². The second-order valence-electron chi connectivity index (χ2n) is 5.87. The Hall–Kier alpha value is -2.80. The average molecular weight is 385 g/mol. The summed E-state index contributed by atoms with van der Waals surface area (Å²) in [5.74, 6) is -0.395. The SMILES string of the molecule is CSc1ccccc1NC(=O)C(C)O/N=C(\C)c1ccc(NC(C)=O)cc1. The molecule has 0 aromatic heterocycles. The van der Waals surface area contributed by atoms with E-state index in [1.807, 2.05) is 42.7 Å². The highest BCUT2D eigenvalue weighted by molar-refractivity contribution is 7.98.